The molecule has 35 heavy (non-hydrogen) atoms. The number of amides is 1. The lowest BCUT2D eigenvalue weighted by Gasteiger charge is -2.17. The summed E-state index contributed by atoms with van der Waals surface area (Å²) in [6, 6.07) is 17.6. The first kappa shape index (κ1) is 21.7. The van der Waals surface area contributed by atoms with Gasteiger partial charge in [0.15, 0.2) is 0 Å². The van der Waals surface area contributed by atoms with Crippen LogP contribution >= 0.6 is 22.7 Å². The van der Waals surface area contributed by atoms with Crippen LogP contribution in [-0.2, 0) is 12.8 Å². The van der Waals surface area contributed by atoms with Gasteiger partial charge < -0.3 is 9.84 Å². The first-order chi connectivity index (χ1) is 17.1. The highest BCUT2D eigenvalue weighted by Crippen LogP contribution is 2.40. The standard InChI is InChI=1S/C27H20N4O2S2/c1-15-9-10-17-19(14-28)27(35-22(17)12-15)30-25(32)18-13-20(21-8-5-11-34-21)29-26-23(18)24(31-33-26)16-6-3-2-4-7-16/h2-8,11,13,15H,9-10,12H2,1H3,(H,30,32)/t15-/m1/s1. The summed E-state index contributed by atoms with van der Waals surface area (Å²) in [5.74, 6) is 0.272. The second kappa shape index (κ2) is 8.77. The molecule has 1 aliphatic rings. The molecule has 5 aromatic rings. The number of hydrogen-bond acceptors (Lipinski definition) is 7. The van der Waals surface area contributed by atoms with Gasteiger partial charge in [-0.2, -0.15) is 5.26 Å². The summed E-state index contributed by atoms with van der Waals surface area (Å²) in [6.45, 7) is 2.23. The number of hydrogen-bond donors (Lipinski definition) is 1. The molecule has 1 aromatic carbocycles. The molecule has 0 fully saturated rings. The number of carbonyl (C=O) groups is 1. The Balaban J connectivity index is 1.48. The van der Waals surface area contributed by atoms with Crippen LogP contribution in [-0.4, -0.2) is 16.0 Å². The minimum absolute atomic E-state index is 0.305. The van der Waals surface area contributed by atoms with Crippen molar-refractivity contribution in [1.82, 2.24) is 10.1 Å². The Morgan fingerprint density at radius 3 is 2.86 bits per heavy atom. The van der Waals surface area contributed by atoms with Crippen LogP contribution in [0.2, 0.25) is 0 Å². The first-order valence-corrected chi connectivity index (χ1v) is 13.1. The Morgan fingerprint density at radius 2 is 2.09 bits per heavy atom. The SMILES string of the molecule is C[C@@H]1CCc2c(sc(NC(=O)c3cc(-c4cccs4)nc4onc(-c5ccccc5)c34)c2C#N)C1. The van der Waals surface area contributed by atoms with E-state index in [0.717, 1.165) is 35.3 Å². The molecule has 172 valence electrons. The van der Waals surface area contributed by atoms with Gasteiger partial charge in [-0.15, -0.1) is 22.7 Å². The fourth-order valence-electron chi connectivity index (χ4n) is 4.60. The topological polar surface area (TPSA) is 91.8 Å². The molecule has 0 aliphatic heterocycles. The number of aromatic nitrogens is 2. The van der Waals surface area contributed by atoms with Gasteiger partial charge in [-0.05, 0) is 48.3 Å². The van der Waals surface area contributed by atoms with Crippen LogP contribution in [0, 0.1) is 17.2 Å². The molecule has 6 nitrogen and oxygen atoms in total. The van der Waals surface area contributed by atoms with Gasteiger partial charge >= 0.3 is 0 Å². The van der Waals surface area contributed by atoms with E-state index in [-0.39, 0.29) is 5.91 Å². The molecule has 0 spiro atoms. The van der Waals surface area contributed by atoms with Crippen LogP contribution in [0.1, 0.15) is 39.7 Å². The highest BCUT2D eigenvalue weighted by Gasteiger charge is 2.27. The Labute approximate surface area is 209 Å². The van der Waals surface area contributed by atoms with E-state index < -0.39 is 0 Å². The van der Waals surface area contributed by atoms with Gasteiger partial charge in [0.2, 0.25) is 0 Å². The molecule has 1 aliphatic carbocycles. The molecule has 0 saturated heterocycles. The van der Waals surface area contributed by atoms with E-state index in [0.29, 0.717) is 44.5 Å². The highest BCUT2D eigenvalue weighted by atomic mass is 32.1. The number of pyridine rings is 1. The lowest BCUT2D eigenvalue weighted by atomic mass is 9.88. The Morgan fingerprint density at radius 1 is 1.23 bits per heavy atom. The summed E-state index contributed by atoms with van der Waals surface area (Å²) in [4.78, 5) is 20.6. The Bertz CT molecular complexity index is 1590. The van der Waals surface area contributed by atoms with Gasteiger partial charge in [-0.3, -0.25) is 4.79 Å². The summed E-state index contributed by atoms with van der Waals surface area (Å²) in [6.07, 6.45) is 2.87. The number of benzene rings is 1. The molecular weight excluding hydrogens is 476 g/mol. The van der Waals surface area contributed by atoms with Crippen LogP contribution in [0.25, 0.3) is 32.9 Å². The highest BCUT2D eigenvalue weighted by molar-refractivity contribution is 7.16. The van der Waals surface area contributed by atoms with Crippen LogP contribution in [0.15, 0.2) is 58.4 Å². The van der Waals surface area contributed by atoms with Crippen molar-refractivity contribution in [2.75, 3.05) is 5.32 Å². The zero-order chi connectivity index (χ0) is 23.9. The van der Waals surface area contributed by atoms with Crippen molar-refractivity contribution in [3.63, 3.8) is 0 Å². The maximum absolute atomic E-state index is 13.8. The van der Waals surface area contributed by atoms with Gasteiger partial charge in [-0.25, -0.2) is 4.98 Å². The number of thiophene rings is 2. The Hall–Kier alpha value is -3.80. The molecule has 1 atom stereocenters. The lowest BCUT2D eigenvalue weighted by Crippen LogP contribution is -2.13. The predicted molar refractivity (Wildman–Crippen MR) is 139 cm³/mol. The van der Waals surface area contributed by atoms with Crippen LogP contribution in [0.4, 0.5) is 5.00 Å². The van der Waals surface area contributed by atoms with E-state index in [9.17, 15) is 10.1 Å². The van der Waals surface area contributed by atoms with Gasteiger partial charge in [0, 0.05) is 10.4 Å². The summed E-state index contributed by atoms with van der Waals surface area (Å²) in [5.41, 5.74) is 4.44. The second-order valence-corrected chi connectivity index (χ2v) is 10.8. The summed E-state index contributed by atoms with van der Waals surface area (Å²) in [7, 11) is 0. The van der Waals surface area contributed by atoms with Crippen molar-refractivity contribution in [1.29, 1.82) is 5.26 Å². The fourth-order valence-corrected chi connectivity index (χ4v) is 6.64. The average Bonchev–Trinajstić information content (AvgIpc) is 3.62. The third-order valence-corrected chi connectivity index (χ3v) is 8.42. The van der Waals surface area contributed by atoms with Crippen molar-refractivity contribution in [2.45, 2.75) is 26.2 Å². The molecule has 1 N–H and O–H groups in total. The van der Waals surface area contributed by atoms with Crippen molar-refractivity contribution in [2.24, 2.45) is 5.92 Å². The first-order valence-electron chi connectivity index (χ1n) is 11.4. The minimum atomic E-state index is -0.307. The molecule has 8 heteroatoms. The van der Waals surface area contributed by atoms with Gasteiger partial charge in [0.25, 0.3) is 11.6 Å². The molecule has 4 aromatic heterocycles. The van der Waals surface area contributed by atoms with E-state index in [4.69, 9.17) is 4.52 Å². The molecule has 0 unspecified atom stereocenters. The van der Waals surface area contributed by atoms with Crippen molar-refractivity contribution in [3.05, 3.63) is 75.5 Å². The lowest BCUT2D eigenvalue weighted by molar-refractivity contribution is 0.102. The minimum Gasteiger partial charge on any atom is -0.335 e. The van der Waals surface area contributed by atoms with Crippen molar-refractivity contribution >= 4 is 44.7 Å². The third-order valence-electron chi connectivity index (χ3n) is 6.36. The molecule has 4 heterocycles. The average molecular weight is 497 g/mol. The maximum atomic E-state index is 13.8. The van der Waals surface area contributed by atoms with Crippen LogP contribution in [0.5, 0.6) is 0 Å². The molecular formula is C27H20N4O2S2. The predicted octanol–water partition coefficient (Wildman–Crippen LogP) is 6.93. The number of nitrogens with one attached hydrogen (secondary N) is 1. The van der Waals surface area contributed by atoms with E-state index >= 15 is 0 Å². The van der Waals surface area contributed by atoms with Gasteiger partial charge in [0.1, 0.15) is 16.8 Å². The quantitative estimate of drug-likeness (QED) is 0.291. The van der Waals surface area contributed by atoms with Crippen molar-refractivity contribution < 1.29 is 9.32 Å². The fraction of sp³-hybridized carbons (Fsp3) is 0.185. The maximum Gasteiger partial charge on any atom is 0.259 e. The van der Waals surface area contributed by atoms with Crippen LogP contribution in [0.3, 0.4) is 0 Å². The second-order valence-electron chi connectivity index (χ2n) is 8.73. The zero-order valence-electron chi connectivity index (χ0n) is 18.9. The van der Waals surface area contributed by atoms with E-state index in [2.05, 4.69) is 28.5 Å². The monoisotopic (exact) mass is 496 g/mol. The molecule has 1 amide bonds. The number of anilines is 1. The van der Waals surface area contributed by atoms with Gasteiger partial charge in [0.05, 0.1) is 27.1 Å². The zero-order valence-corrected chi connectivity index (χ0v) is 20.5. The third kappa shape index (κ3) is 3.83. The van der Waals surface area contributed by atoms with Crippen LogP contribution < -0.4 is 5.32 Å². The van der Waals surface area contributed by atoms with E-state index in [1.807, 2.05) is 47.8 Å². The largest absolute Gasteiger partial charge is 0.335 e. The number of fused-ring (bicyclic) bond motifs is 2. The Kier molecular flexibility index (Phi) is 5.44. The summed E-state index contributed by atoms with van der Waals surface area (Å²) < 4.78 is 5.62. The van der Waals surface area contributed by atoms with E-state index in [1.54, 1.807) is 6.07 Å². The number of rotatable bonds is 4. The molecule has 0 saturated carbocycles. The molecule has 0 bridgehead atoms. The molecule has 6 rings (SSSR count). The van der Waals surface area contributed by atoms with Crippen molar-refractivity contribution in [3.8, 4) is 27.9 Å². The summed E-state index contributed by atoms with van der Waals surface area (Å²) >= 11 is 3.06. The van der Waals surface area contributed by atoms with E-state index in [1.165, 1.54) is 27.6 Å². The smallest absolute Gasteiger partial charge is 0.259 e. The normalized spacial score (nSPS) is 15.0. The number of nitriles is 1. The molecule has 0 radical (unpaired) electrons. The summed E-state index contributed by atoms with van der Waals surface area (Å²) in [5, 5.41) is 20.3. The number of carbonyl (C=O) groups excluding carboxylic acids is 1. The van der Waals surface area contributed by atoms with Gasteiger partial charge in [-0.1, -0.05) is 48.5 Å². The number of nitrogens with zero attached hydrogens (tertiary/aromatic N) is 3.